The standard InChI is InChI=1S/C25H29N3O4/c1-20-13-14-23(32-20)18-28(17-21-9-5-3-6-10-21)24(29)19-27(15-16-31-2)25(30)26-22-11-7-4-8-12-22/h3-14H,15-19H2,1-2H3,(H,26,30). The minimum Gasteiger partial charge on any atom is -0.464 e. The van der Waals surface area contributed by atoms with Crippen LogP contribution < -0.4 is 5.32 Å². The van der Waals surface area contributed by atoms with Gasteiger partial charge >= 0.3 is 6.03 Å². The van der Waals surface area contributed by atoms with Gasteiger partial charge in [-0.3, -0.25) is 4.79 Å². The Hall–Kier alpha value is -3.58. The van der Waals surface area contributed by atoms with Crippen LogP contribution in [0, 0.1) is 6.92 Å². The molecule has 0 aliphatic carbocycles. The third-order valence-corrected chi connectivity index (χ3v) is 4.92. The molecule has 0 radical (unpaired) electrons. The van der Waals surface area contributed by atoms with Crippen molar-refractivity contribution in [2.24, 2.45) is 0 Å². The largest absolute Gasteiger partial charge is 0.464 e. The molecule has 3 aromatic rings. The number of nitrogens with zero attached hydrogens (tertiary/aromatic N) is 2. The molecule has 1 aromatic heterocycles. The molecule has 0 bridgehead atoms. The first kappa shape index (κ1) is 23.1. The highest BCUT2D eigenvalue weighted by molar-refractivity contribution is 5.92. The van der Waals surface area contributed by atoms with Gasteiger partial charge in [-0.2, -0.15) is 0 Å². The van der Waals surface area contributed by atoms with Gasteiger partial charge in [-0.15, -0.1) is 0 Å². The normalized spacial score (nSPS) is 10.6. The SMILES string of the molecule is COCCN(CC(=O)N(Cc1ccccc1)Cc1ccc(C)o1)C(=O)Nc1ccccc1. The lowest BCUT2D eigenvalue weighted by Gasteiger charge is -2.27. The summed E-state index contributed by atoms with van der Waals surface area (Å²) in [6.07, 6.45) is 0. The molecular weight excluding hydrogens is 406 g/mol. The van der Waals surface area contributed by atoms with Crippen molar-refractivity contribution in [2.75, 3.05) is 32.1 Å². The summed E-state index contributed by atoms with van der Waals surface area (Å²) in [7, 11) is 1.57. The number of carbonyl (C=O) groups excluding carboxylic acids is 2. The lowest BCUT2D eigenvalue weighted by molar-refractivity contribution is -0.133. The number of methoxy groups -OCH3 is 1. The van der Waals surface area contributed by atoms with E-state index in [-0.39, 0.29) is 18.5 Å². The van der Waals surface area contributed by atoms with E-state index in [1.807, 2.05) is 67.6 Å². The minimum absolute atomic E-state index is 0.0749. The Morgan fingerprint density at radius 2 is 1.59 bits per heavy atom. The fourth-order valence-electron chi connectivity index (χ4n) is 3.24. The summed E-state index contributed by atoms with van der Waals surface area (Å²) in [6, 6.07) is 22.3. The zero-order valence-electron chi connectivity index (χ0n) is 18.5. The molecule has 0 fully saturated rings. The highest BCUT2D eigenvalue weighted by Gasteiger charge is 2.22. The van der Waals surface area contributed by atoms with Gasteiger partial charge < -0.3 is 24.3 Å². The number of amides is 3. The number of hydrogen-bond donors (Lipinski definition) is 1. The van der Waals surface area contributed by atoms with Gasteiger partial charge in [0.05, 0.1) is 13.2 Å². The Labute approximate surface area is 188 Å². The molecule has 3 amide bonds. The third-order valence-electron chi connectivity index (χ3n) is 4.92. The van der Waals surface area contributed by atoms with Crippen molar-refractivity contribution in [3.63, 3.8) is 0 Å². The van der Waals surface area contributed by atoms with Crippen LogP contribution in [-0.4, -0.2) is 48.5 Å². The van der Waals surface area contributed by atoms with Crippen molar-refractivity contribution >= 4 is 17.6 Å². The van der Waals surface area contributed by atoms with Gasteiger partial charge in [0.1, 0.15) is 18.1 Å². The summed E-state index contributed by atoms with van der Waals surface area (Å²) in [4.78, 5) is 29.3. The molecule has 0 atom stereocenters. The van der Waals surface area contributed by atoms with Crippen LogP contribution in [0.1, 0.15) is 17.1 Å². The Balaban J connectivity index is 1.74. The fourth-order valence-corrected chi connectivity index (χ4v) is 3.24. The average molecular weight is 436 g/mol. The van der Waals surface area contributed by atoms with Crippen LogP contribution in [-0.2, 0) is 22.6 Å². The van der Waals surface area contributed by atoms with E-state index >= 15 is 0 Å². The lowest BCUT2D eigenvalue weighted by atomic mass is 10.2. The average Bonchev–Trinajstić information content (AvgIpc) is 3.22. The number of hydrogen-bond acceptors (Lipinski definition) is 4. The smallest absolute Gasteiger partial charge is 0.322 e. The lowest BCUT2D eigenvalue weighted by Crippen LogP contribution is -2.45. The summed E-state index contributed by atoms with van der Waals surface area (Å²) in [5, 5.41) is 2.84. The zero-order valence-corrected chi connectivity index (χ0v) is 18.5. The second-order valence-corrected chi connectivity index (χ2v) is 7.46. The number of aryl methyl sites for hydroxylation is 1. The molecule has 1 N–H and O–H groups in total. The van der Waals surface area contributed by atoms with E-state index in [1.54, 1.807) is 24.1 Å². The molecule has 0 aliphatic rings. The molecule has 0 saturated carbocycles. The first-order chi connectivity index (χ1) is 15.5. The molecule has 3 rings (SSSR count). The van der Waals surface area contributed by atoms with Crippen molar-refractivity contribution in [1.82, 2.24) is 9.80 Å². The summed E-state index contributed by atoms with van der Waals surface area (Å²) in [5.74, 6) is 1.31. The van der Waals surface area contributed by atoms with Crippen molar-refractivity contribution < 1.29 is 18.7 Å². The molecule has 1 heterocycles. The number of para-hydroxylation sites is 1. The molecule has 0 spiro atoms. The predicted molar refractivity (Wildman–Crippen MR) is 123 cm³/mol. The second-order valence-electron chi connectivity index (χ2n) is 7.46. The number of urea groups is 1. The first-order valence-corrected chi connectivity index (χ1v) is 10.5. The number of furan rings is 1. The van der Waals surface area contributed by atoms with Gasteiger partial charge in [0.2, 0.25) is 5.91 Å². The topological polar surface area (TPSA) is 75.0 Å². The number of carbonyl (C=O) groups is 2. The van der Waals surface area contributed by atoms with Gasteiger partial charge in [-0.05, 0) is 36.8 Å². The van der Waals surface area contributed by atoms with E-state index < -0.39 is 0 Å². The van der Waals surface area contributed by atoms with Gasteiger partial charge in [0, 0.05) is 25.9 Å². The Morgan fingerprint density at radius 1 is 0.906 bits per heavy atom. The first-order valence-electron chi connectivity index (χ1n) is 10.5. The summed E-state index contributed by atoms with van der Waals surface area (Å²) >= 11 is 0. The van der Waals surface area contributed by atoms with E-state index in [2.05, 4.69) is 5.32 Å². The molecule has 32 heavy (non-hydrogen) atoms. The molecular formula is C25H29N3O4. The van der Waals surface area contributed by atoms with Gasteiger partial charge in [0.25, 0.3) is 0 Å². The van der Waals surface area contributed by atoms with Crippen LogP contribution in [0.15, 0.2) is 77.2 Å². The van der Waals surface area contributed by atoms with Crippen molar-refractivity contribution in [2.45, 2.75) is 20.0 Å². The van der Waals surface area contributed by atoms with E-state index in [1.165, 1.54) is 4.90 Å². The number of nitrogens with one attached hydrogen (secondary N) is 1. The molecule has 0 unspecified atom stereocenters. The molecule has 0 aliphatic heterocycles. The van der Waals surface area contributed by atoms with Crippen LogP contribution in [0.3, 0.4) is 0 Å². The second kappa shape index (κ2) is 11.7. The summed E-state index contributed by atoms with van der Waals surface area (Å²) in [5.41, 5.74) is 1.67. The van der Waals surface area contributed by atoms with Crippen LogP contribution in [0.5, 0.6) is 0 Å². The van der Waals surface area contributed by atoms with E-state index in [0.29, 0.717) is 37.7 Å². The highest BCUT2D eigenvalue weighted by atomic mass is 16.5. The summed E-state index contributed by atoms with van der Waals surface area (Å²) < 4.78 is 10.8. The van der Waals surface area contributed by atoms with Crippen molar-refractivity contribution in [1.29, 1.82) is 0 Å². The number of benzene rings is 2. The van der Waals surface area contributed by atoms with Crippen molar-refractivity contribution in [3.8, 4) is 0 Å². The van der Waals surface area contributed by atoms with Gasteiger partial charge in [0.15, 0.2) is 0 Å². The molecule has 7 heteroatoms. The molecule has 168 valence electrons. The Morgan fingerprint density at radius 3 is 2.22 bits per heavy atom. The van der Waals surface area contributed by atoms with Crippen LogP contribution in [0.25, 0.3) is 0 Å². The van der Waals surface area contributed by atoms with Crippen molar-refractivity contribution in [3.05, 3.63) is 89.9 Å². The number of anilines is 1. The van der Waals surface area contributed by atoms with Crippen LogP contribution in [0.4, 0.5) is 10.5 Å². The fraction of sp³-hybridized carbons (Fsp3) is 0.280. The van der Waals surface area contributed by atoms with Crippen LogP contribution in [0.2, 0.25) is 0 Å². The maximum absolute atomic E-state index is 13.3. The maximum atomic E-state index is 13.3. The summed E-state index contributed by atoms with van der Waals surface area (Å²) in [6.45, 7) is 3.14. The monoisotopic (exact) mass is 435 g/mol. The van der Waals surface area contributed by atoms with Crippen LogP contribution >= 0.6 is 0 Å². The number of rotatable bonds is 10. The maximum Gasteiger partial charge on any atom is 0.322 e. The molecule has 2 aromatic carbocycles. The van der Waals surface area contributed by atoms with E-state index in [9.17, 15) is 9.59 Å². The quantitative estimate of drug-likeness (QED) is 0.515. The zero-order chi connectivity index (χ0) is 22.8. The van der Waals surface area contributed by atoms with Gasteiger partial charge in [-0.1, -0.05) is 48.5 Å². The molecule has 0 saturated heterocycles. The predicted octanol–water partition coefficient (Wildman–Crippen LogP) is 4.30. The van der Waals surface area contributed by atoms with Gasteiger partial charge in [-0.25, -0.2) is 4.79 Å². The number of ether oxygens (including phenoxy) is 1. The Bertz CT molecular complexity index is 989. The van der Waals surface area contributed by atoms with E-state index in [0.717, 1.165) is 11.3 Å². The minimum atomic E-state index is -0.352. The molecule has 7 nitrogen and oxygen atoms in total. The van der Waals surface area contributed by atoms with E-state index in [4.69, 9.17) is 9.15 Å². The highest BCUT2D eigenvalue weighted by Crippen LogP contribution is 2.14. The third kappa shape index (κ3) is 6.99. The Kier molecular flexibility index (Phi) is 8.45.